The molecule has 2 heterocycles. The number of rotatable bonds is 4. The molecule has 0 spiro atoms. The SMILES string of the molecule is CC(N)C(=O)Nc1cn(C2OC(CO)C(O)C2O)c(=O)[nH]c1=O. The van der Waals surface area contributed by atoms with Crippen LogP contribution in [0.1, 0.15) is 13.2 Å². The molecule has 1 saturated heterocycles. The normalized spacial score (nSPS) is 28.6. The smallest absolute Gasteiger partial charge is 0.330 e. The van der Waals surface area contributed by atoms with Crippen molar-refractivity contribution in [3.05, 3.63) is 27.0 Å². The van der Waals surface area contributed by atoms with Crippen molar-refractivity contribution in [2.45, 2.75) is 37.5 Å². The first-order valence-electron chi connectivity index (χ1n) is 6.80. The Hall–Kier alpha value is -2.05. The Balaban J connectivity index is 2.38. The topological polar surface area (TPSA) is 180 Å². The van der Waals surface area contributed by atoms with Crippen molar-refractivity contribution in [3.8, 4) is 0 Å². The van der Waals surface area contributed by atoms with E-state index in [1.165, 1.54) is 6.92 Å². The molecule has 1 amide bonds. The molecule has 0 saturated carbocycles. The van der Waals surface area contributed by atoms with Crippen molar-refractivity contribution in [2.75, 3.05) is 11.9 Å². The molecule has 1 aromatic rings. The van der Waals surface area contributed by atoms with Crippen molar-refractivity contribution in [2.24, 2.45) is 5.73 Å². The van der Waals surface area contributed by atoms with Gasteiger partial charge in [-0.1, -0.05) is 0 Å². The van der Waals surface area contributed by atoms with Gasteiger partial charge in [0.2, 0.25) is 5.91 Å². The summed E-state index contributed by atoms with van der Waals surface area (Å²) in [6, 6.07) is -0.885. The first-order valence-corrected chi connectivity index (χ1v) is 6.80. The van der Waals surface area contributed by atoms with Crippen LogP contribution < -0.4 is 22.3 Å². The molecule has 5 atom stereocenters. The number of hydrogen-bond acceptors (Lipinski definition) is 8. The van der Waals surface area contributed by atoms with Crippen LogP contribution in [0.3, 0.4) is 0 Å². The van der Waals surface area contributed by atoms with Gasteiger partial charge < -0.3 is 31.1 Å². The Morgan fingerprint density at radius 2 is 2.13 bits per heavy atom. The zero-order valence-electron chi connectivity index (χ0n) is 12.2. The second-order valence-electron chi connectivity index (χ2n) is 5.22. The zero-order valence-corrected chi connectivity index (χ0v) is 12.2. The summed E-state index contributed by atoms with van der Waals surface area (Å²) < 4.78 is 6.01. The summed E-state index contributed by atoms with van der Waals surface area (Å²) in [7, 11) is 0. The van der Waals surface area contributed by atoms with E-state index in [2.05, 4.69) is 5.32 Å². The summed E-state index contributed by atoms with van der Waals surface area (Å²) in [5.41, 5.74) is 3.34. The molecule has 11 nitrogen and oxygen atoms in total. The number of H-pyrrole nitrogens is 1. The summed E-state index contributed by atoms with van der Waals surface area (Å²) in [5.74, 6) is -0.651. The second kappa shape index (κ2) is 6.60. The number of amides is 1. The van der Waals surface area contributed by atoms with E-state index in [4.69, 9.17) is 15.6 Å². The number of aromatic nitrogens is 2. The number of aliphatic hydroxyl groups is 3. The fraction of sp³-hybridized carbons (Fsp3) is 0.583. The Kier molecular flexibility index (Phi) is 4.97. The van der Waals surface area contributed by atoms with Crippen molar-refractivity contribution in [3.63, 3.8) is 0 Å². The molecular formula is C12H18N4O7. The van der Waals surface area contributed by atoms with Gasteiger partial charge in [-0.25, -0.2) is 4.79 Å². The number of aliphatic hydroxyl groups excluding tert-OH is 3. The molecule has 0 radical (unpaired) electrons. The maximum absolute atomic E-state index is 11.9. The van der Waals surface area contributed by atoms with Gasteiger partial charge in [0, 0.05) is 6.20 Å². The lowest BCUT2D eigenvalue weighted by atomic mass is 10.1. The lowest BCUT2D eigenvalue weighted by Crippen LogP contribution is -2.40. The standard InChI is InChI=1S/C12H18N4O7/c1-4(13)9(20)14-5-2-16(12(22)15-10(5)21)11-8(19)7(18)6(3-17)23-11/h2,4,6-8,11,17-19H,3,13H2,1H3,(H,14,20)(H,15,21,22). The maximum atomic E-state index is 11.9. The highest BCUT2D eigenvalue weighted by Gasteiger charge is 2.43. The Labute approximate surface area is 129 Å². The molecule has 23 heavy (non-hydrogen) atoms. The van der Waals surface area contributed by atoms with E-state index in [1.54, 1.807) is 0 Å². The molecule has 11 heteroatoms. The van der Waals surface area contributed by atoms with Crippen molar-refractivity contribution in [1.82, 2.24) is 9.55 Å². The fourth-order valence-corrected chi connectivity index (χ4v) is 2.12. The maximum Gasteiger partial charge on any atom is 0.330 e. The number of carbonyl (C=O) groups is 1. The number of nitrogens with two attached hydrogens (primary N) is 1. The Morgan fingerprint density at radius 3 is 2.65 bits per heavy atom. The lowest BCUT2D eigenvalue weighted by Gasteiger charge is -2.18. The minimum Gasteiger partial charge on any atom is -0.394 e. The first kappa shape index (κ1) is 17.3. The van der Waals surface area contributed by atoms with E-state index in [0.717, 1.165) is 10.8 Å². The van der Waals surface area contributed by atoms with Crippen LogP contribution in [-0.4, -0.2) is 61.7 Å². The highest BCUT2D eigenvalue weighted by molar-refractivity contribution is 5.94. The molecule has 1 aromatic heterocycles. The molecule has 5 unspecified atom stereocenters. The Morgan fingerprint density at radius 1 is 1.48 bits per heavy atom. The number of aromatic amines is 1. The van der Waals surface area contributed by atoms with E-state index in [0.29, 0.717) is 0 Å². The van der Waals surface area contributed by atoms with E-state index in [1.807, 2.05) is 4.98 Å². The van der Waals surface area contributed by atoms with Crippen LogP contribution in [0, 0.1) is 0 Å². The number of nitrogens with zero attached hydrogens (tertiary/aromatic N) is 1. The quantitative estimate of drug-likeness (QED) is 0.328. The molecule has 0 aromatic carbocycles. The molecule has 0 bridgehead atoms. The zero-order chi connectivity index (χ0) is 17.3. The van der Waals surface area contributed by atoms with E-state index in [9.17, 15) is 24.6 Å². The molecule has 128 valence electrons. The van der Waals surface area contributed by atoms with Gasteiger partial charge in [-0.3, -0.25) is 19.1 Å². The molecule has 7 N–H and O–H groups in total. The minimum atomic E-state index is -1.51. The van der Waals surface area contributed by atoms with Gasteiger partial charge in [-0.15, -0.1) is 0 Å². The minimum absolute atomic E-state index is 0.273. The number of nitrogens with one attached hydrogen (secondary N) is 2. The summed E-state index contributed by atoms with van der Waals surface area (Å²) in [4.78, 5) is 37.1. The summed E-state index contributed by atoms with van der Waals surface area (Å²) >= 11 is 0. The third-order valence-electron chi connectivity index (χ3n) is 3.43. The van der Waals surface area contributed by atoms with Crippen LogP contribution in [-0.2, 0) is 9.53 Å². The molecule has 2 rings (SSSR count). The van der Waals surface area contributed by atoms with Gasteiger partial charge in [0.15, 0.2) is 6.23 Å². The van der Waals surface area contributed by atoms with Gasteiger partial charge in [0.1, 0.15) is 24.0 Å². The van der Waals surface area contributed by atoms with Gasteiger partial charge >= 0.3 is 5.69 Å². The predicted octanol–water partition coefficient (Wildman–Crippen LogP) is -3.57. The van der Waals surface area contributed by atoms with Crippen molar-refractivity contribution >= 4 is 11.6 Å². The summed E-state index contributed by atoms with van der Waals surface area (Å²) in [6.45, 7) is 0.840. The fourth-order valence-electron chi connectivity index (χ4n) is 2.12. The van der Waals surface area contributed by atoms with Crippen LogP contribution in [0.15, 0.2) is 15.8 Å². The van der Waals surface area contributed by atoms with Crippen molar-refractivity contribution < 1.29 is 24.9 Å². The summed E-state index contributed by atoms with van der Waals surface area (Å²) in [5, 5.41) is 30.9. The van der Waals surface area contributed by atoms with Crippen LogP contribution in [0.4, 0.5) is 5.69 Å². The molecule has 0 aliphatic carbocycles. The van der Waals surface area contributed by atoms with Crippen LogP contribution >= 0.6 is 0 Å². The van der Waals surface area contributed by atoms with Gasteiger partial charge in [0.25, 0.3) is 5.56 Å². The van der Waals surface area contributed by atoms with Crippen molar-refractivity contribution in [1.29, 1.82) is 0 Å². The monoisotopic (exact) mass is 330 g/mol. The highest BCUT2D eigenvalue weighted by Crippen LogP contribution is 2.28. The average Bonchev–Trinajstić information content (AvgIpc) is 2.77. The van der Waals surface area contributed by atoms with Crippen LogP contribution in [0.5, 0.6) is 0 Å². The van der Waals surface area contributed by atoms with E-state index < -0.39 is 54.3 Å². The van der Waals surface area contributed by atoms with Gasteiger partial charge in [-0.2, -0.15) is 0 Å². The number of hydrogen-bond donors (Lipinski definition) is 6. The second-order valence-corrected chi connectivity index (χ2v) is 5.22. The highest BCUT2D eigenvalue weighted by atomic mass is 16.6. The summed E-state index contributed by atoms with van der Waals surface area (Å²) in [6.07, 6.45) is -4.37. The van der Waals surface area contributed by atoms with Crippen LogP contribution in [0.25, 0.3) is 0 Å². The lowest BCUT2D eigenvalue weighted by molar-refractivity contribution is -0.117. The number of carbonyl (C=O) groups excluding carboxylic acids is 1. The number of ether oxygens (including phenoxy) is 1. The molecule has 1 aliphatic rings. The van der Waals surface area contributed by atoms with E-state index >= 15 is 0 Å². The predicted molar refractivity (Wildman–Crippen MR) is 76.6 cm³/mol. The number of anilines is 1. The van der Waals surface area contributed by atoms with E-state index in [-0.39, 0.29) is 5.69 Å². The third kappa shape index (κ3) is 3.33. The molecule has 1 aliphatic heterocycles. The molecular weight excluding hydrogens is 312 g/mol. The van der Waals surface area contributed by atoms with Gasteiger partial charge in [0.05, 0.1) is 12.6 Å². The Bertz CT molecular complexity index is 697. The largest absolute Gasteiger partial charge is 0.394 e. The molecule has 1 fully saturated rings. The third-order valence-corrected chi connectivity index (χ3v) is 3.43. The van der Waals surface area contributed by atoms with Crippen LogP contribution in [0.2, 0.25) is 0 Å². The average molecular weight is 330 g/mol. The van der Waals surface area contributed by atoms with Gasteiger partial charge in [-0.05, 0) is 6.92 Å². The first-order chi connectivity index (χ1) is 10.8.